The highest BCUT2D eigenvalue weighted by Gasteiger charge is 2.43. The van der Waals surface area contributed by atoms with Gasteiger partial charge in [-0.25, -0.2) is 4.99 Å². The van der Waals surface area contributed by atoms with Gasteiger partial charge in [0.15, 0.2) is 17.4 Å². The molecule has 0 unspecified atom stereocenters. The van der Waals surface area contributed by atoms with Gasteiger partial charge in [-0.15, -0.1) is 10.2 Å². The van der Waals surface area contributed by atoms with Gasteiger partial charge >= 0.3 is 0 Å². The summed E-state index contributed by atoms with van der Waals surface area (Å²) in [5.41, 5.74) is 1.45. The molecule has 1 aliphatic heterocycles. The summed E-state index contributed by atoms with van der Waals surface area (Å²) in [4.78, 5) is 7.24. The molecule has 1 spiro atoms. The minimum atomic E-state index is 0.553. The van der Waals surface area contributed by atoms with Crippen LogP contribution in [-0.2, 0) is 6.54 Å². The zero-order chi connectivity index (χ0) is 15.7. The Morgan fingerprint density at radius 1 is 1.30 bits per heavy atom. The summed E-state index contributed by atoms with van der Waals surface area (Å²) in [5.74, 6) is 1.90. The van der Waals surface area contributed by atoms with Gasteiger partial charge in [0.2, 0.25) is 0 Å². The number of hydrogen-bond acceptors (Lipinski definition) is 3. The summed E-state index contributed by atoms with van der Waals surface area (Å²) in [6, 6.07) is 5.94. The number of nitrogens with one attached hydrogen (secondary N) is 1. The number of aliphatic imine (C=N–C) groups is 1. The monoisotopic (exact) mass is 312 g/mol. The largest absolute Gasteiger partial charge is 0.357 e. The van der Waals surface area contributed by atoms with Gasteiger partial charge in [-0.2, -0.15) is 0 Å². The van der Waals surface area contributed by atoms with Crippen LogP contribution in [0.25, 0.3) is 5.65 Å². The van der Waals surface area contributed by atoms with Gasteiger partial charge in [-0.05, 0) is 43.7 Å². The van der Waals surface area contributed by atoms with Crippen LogP contribution < -0.4 is 5.32 Å². The van der Waals surface area contributed by atoms with E-state index < -0.39 is 0 Å². The van der Waals surface area contributed by atoms with E-state index >= 15 is 0 Å². The molecule has 2 aromatic rings. The van der Waals surface area contributed by atoms with Crippen molar-refractivity contribution in [2.45, 2.75) is 39.2 Å². The molecule has 0 atom stereocenters. The van der Waals surface area contributed by atoms with Crippen molar-refractivity contribution < 1.29 is 0 Å². The summed E-state index contributed by atoms with van der Waals surface area (Å²) >= 11 is 0. The topological polar surface area (TPSA) is 57.8 Å². The minimum absolute atomic E-state index is 0.553. The second-order valence-electron chi connectivity index (χ2n) is 6.74. The highest BCUT2D eigenvalue weighted by Crippen LogP contribution is 2.47. The molecule has 6 nitrogen and oxygen atoms in total. The molecule has 2 fully saturated rings. The van der Waals surface area contributed by atoms with Crippen molar-refractivity contribution in [2.75, 3.05) is 19.6 Å². The van der Waals surface area contributed by atoms with Crippen LogP contribution in [0.5, 0.6) is 0 Å². The Hall–Kier alpha value is -2.11. The number of hydrogen-bond donors (Lipinski definition) is 1. The van der Waals surface area contributed by atoms with Gasteiger partial charge in [0.1, 0.15) is 6.54 Å². The molecular weight excluding hydrogens is 288 g/mol. The molecule has 6 heteroatoms. The molecule has 0 amide bonds. The molecule has 1 saturated carbocycles. The third-order valence-corrected chi connectivity index (χ3v) is 5.24. The molecule has 23 heavy (non-hydrogen) atoms. The third-order valence-electron chi connectivity index (χ3n) is 5.24. The second kappa shape index (κ2) is 5.83. The minimum Gasteiger partial charge on any atom is -0.357 e. The fraction of sp³-hybridized carbons (Fsp3) is 0.588. The van der Waals surface area contributed by atoms with Crippen LogP contribution in [0, 0.1) is 5.41 Å². The Morgan fingerprint density at radius 2 is 2.22 bits per heavy atom. The van der Waals surface area contributed by atoms with Crippen LogP contribution in [0.1, 0.15) is 38.4 Å². The van der Waals surface area contributed by atoms with Crippen LogP contribution >= 0.6 is 0 Å². The van der Waals surface area contributed by atoms with Crippen molar-refractivity contribution in [3.8, 4) is 0 Å². The Bertz CT molecular complexity index is 715. The van der Waals surface area contributed by atoms with Crippen molar-refractivity contribution in [3.05, 3.63) is 30.2 Å². The molecule has 0 bridgehead atoms. The van der Waals surface area contributed by atoms with Gasteiger partial charge in [-0.1, -0.05) is 12.5 Å². The summed E-state index contributed by atoms with van der Waals surface area (Å²) in [6.45, 7) is 5.84. The number of pyridine rings is 1. The molecular formula is C17H24N6. The number of guanidine groups is 1. The highest BCUT2D eigenvalue weighted by molar-refractivity contribution is 5.80. The van der Waals surface area contributed by atoms with Crippen molar-refractivity contribution in [1.82, 2.24) is 24.8 Å². The zero-order valence-corrected chi connectivity index (χ0v) is 13.7. The van der Waals surface area contributed by atoms with Gasteiger partial charge in [0, 0.05) is 25.8 Å². The van der Waals surface area contributed by atoms with Gasteiger partial charge in [0.25, 0.3) is 0 Å². The number of fused-ring (bicyclic) bond motifs is 1. The fourth-order valence-electron chi connectivity index (χ4n) is 3.77. The second-order valence-corrected chi connectivity index (χ2v) is 6.74. The molecule has 4 rings (SSSR count). The van der Waals surface area contributed by atoms with Crippen molar-refractivity contribution >= 4 is 11.6 Å². The first-order valence-corrected chi connectivity index (χ1v) is 8.62. The highest BCUT2D eigenvalue weighted by atomic mass is 15.3. The first kappa shape index (κ1) is 14.5. The summed E-state index contributed by atoms with van der Waals surface area (Å²) in [6.07, 6.45) is 7.47. The quantitative estimate of drug-likeness (QED) is 0.696. The van der Waals surface area contributed by atoms with Gasteiger partial charge in [-0.3, -0.25) is 4.40 Å². The van der Waals surface area contributed by atoms with E-state index in [1.54, 1.807) is 0 Å². The van der Waals surface area contributed by atoms with Crippen molar-refractivity contribution in [1.29, 1.82) is 0 Å². The molecule has 3 heterocycles. The first-order valence-electron chi connectivity index (χ1n) is 8.62. The van der Waals surface area contributed by atoms with Gasteiger partial charge in [0.05, 0.1) is 0 Å². The molecule has 1 N–H and O–H groups in total. The Balaban J connectivity index is 1.52. The van der Waals surface area contributed by atoms with E-state index in [1.807, 2.05) is 28.8 Å². The third kappa shape index (κ3) is 2.66. The maximum Gasteiger partial charge on any atom is 0.194 e. The molecule has 1 aliphatic carbocycles. The smallest absolute Gasteiger partial charge is 0.194 e. The van der Waals surface area contributed by atoms with Crippen LogP contribution in [-0.4, -0.2) is 45.1 Å². The fourth-order valence-corrected chi connectivity index (χ4v) is 3.77. The lowest BCUT2D eigenvalue weighted by molar-refractivity contribution is 0.151. The normalized spacial score (nSPS) is 20.2. The number of nitrogens with zero attached hydrogens (tertiary/aromatic N) is 5. The molecule has 2 aromatic heterocycles. The predicted molar refractivity (Wildman–Crippen MR) is 90.3 cm³/mol. The maximum atomic E-state index is 4.82. The van der Waals surface area contributed by atoms with E-state index in [0.29, 0.717) is 12.0 Å². The van der Waals surface area contributed by atoms with E-state index in [0.717, 1.165) is 37.1 Å². The Morgan fingerprint density at radius 3 is 2.96 bits per heavy atom. The lowest BCUT2D eigenvalue weighted by Crippen LogP contribution is -2.42. The number of likely N-dealkylation sites (tertiary alicyclic amines) is 1. The van der Waals surface area contributed by atoms with Crippen LogP contribution in [0.3, 0.4) is 0 Å². The summed E-state index contributed by atoms with van der Waals surface area (Å²) in [5, 5.41) is 11.9. The first-order chi connectivity index (χ1) is 11.3. The van der Waals surface area contributed by atoms with E-state index in [2.05, 4.69) is 27.3 Å². The lowest BCUT2D eigenvalue weighted by Gasteiger charge is -2.38. The van der Waals surface area contributed by atoms with Gasteiger partial charge < -0.3 is 10.2 Å². The van der Waals surface area contributed by atoms with Crippen molar-refractivity contribution in [3.63, 3.8) is 0 Å². The maximum absolute atomic E-state index is 4.82. The molecule has 122 valence electrons. The average Bonchev–Trinajstić information content (AvgIpc) is 3.16. The Labute approximate surface area is 136 Å². The average molecular weight is 312 g/mol. The van der Waals surface area contributed by atoms with E-state index in [9.17, 15) is 0 Å². The standard InChI is InChI=1S/C17H24N6/c1-2-18-16(22-11-9-17(13-22)7-5-8-17)19-12-15-21-20-14-6-3-4-10-23(14)15/h3-4,6,10H,2,5,7-9,11-13H2,1H3,(H,18,19). The molecule has 1 saturated heterocycles. The summed E-state index contributed by atoms with van der Waals surface area (Å²) < 4.78 is 2.00. The van der Waals surface area contributed by atoms with Crippen LogP contribution in [0.15, 0.2) is 29.4 Å². The van der Waals surface area contributed by atoms with Crippen LogP contribution in [0.2, 0.25) is 0 Å². The molecule has 0 aromatic carbocycles. The summed E-state index contributed by atoms with van der Waals surface area (Å²) in [7, 11) is 0. The van der Waals surface area contributed by atoms with E-state index in [1.165, 1.54) is 25.7 Å². The van der Waals surface area contributed by atoms with E-state index in [4.69, 9.17) is 4.99 Å². The lowest BCUT2D eigenvalue weighted by atomic mass is 9.68. The molecule has 0 radical (unpaired) electrons. The Kier molecular flexibility index (Phi) is 3.67. The zero-order valence-electron chi connectivity index (χ0n) is 13.7. The van der Waals surface area contributed by atoms with Crippen molar-refractivity contribution in [2.24, 2.45) is 10.4 Å². The van der Waals surface area contributed by atoms with Crippen LogP contribution in [0.4, 0.5) is 0 Å². The number of aromatic nitrogens is 3. The predicted octanol–water partition coefficient (Wildman–Crippen LogP) is 2.07. The SMILES string of the molecule is CCNC(=NCc1nnc2ccccn12)N1CCC2(CCC2)C1. The molecule has 2 aliphatic rings. The number of rotatable bonds is 3. The van der Waals surface area contributed by atoms with E-state index in [-0.39, 0.29) is 0 Å².